The molecule has 0 radical (unpaired) electrons. The van der Waals surface area contributed by atoms with Crippen molar-refractivity contribution in [2.75, 3.05) is 0 Å². The van der Waals surface area contributed by atoms with Gasteiger partial charge in [0, 0.05) is 6.42 Å². The monoisotopic (exact) mass is 290 g/mol. The molecule has 0 aromatic rings. The van der Waals surface area contributed by atoms with E-state index in [0.29, 0.717) is 6.92 Å². The van der Waals surface area contributed by atoms with Gasteiger partial charge in [-0.15, -0.1) is 0 Å². The first kappa shape index (κ1) is 17.0. The van der Waals surface area contributed by atoms with Gasteiger partial charge in [0.15, 0.2) is 0 Å². The molecule has 0 bridgehead atoms. The molecule has 1 nitrogen and oxygen atoms in total. The Bertz CT molecular complexity index is 316. The van der Waals surface area contributed by atoms with Crippen LogP contribution in [0.3, 0.4) is 0 Å². The van der Waals surface area contributed by atoms with E-state index in [2.05, 4.69) is 0 Å². The summed E-state index contributed by atoms with van der Waals surface area (Å²) in [6.07, 6.45) is -17.6. The number of hydrogen-bond acceptors (Lipinski definition) is 1. The fraction of sp³-hybridized carbons (Fsp3) is 0.875. The third kappa shape index (κ3) is 3.77. The molecule has 18 heavy (non-hydrogen) atoms. The van der Waals surface area contributed by atoms with Crippen molar-refractivity contribution in [1.82, 2.24) is 0 Å². The fourth-order valence-corrected chi connectivity index (χ4v) is 1.11. The SMILES string of the molecule is CC(=O)C[C@](F)(CC(F)(F)C(F)(F)F)C(F)(F)F. The Kier molecular flexibility index (Phi) is 4.37. The van der Waals surface area contributed by atoms with Gasteiger partial charge in [-0.05, 0) is 6.92 Å². The maximum absolute atomic E-state index is 13.2. The van der Waals surface area contributed by atoms with E-state index in [1.807, 2.05) is 0 Å². The average Bonchev–Trinajstić information content (AvgIpc) is 1.95. The van der Waals surface area contributed by atoms with Gasteiger partial charge in [0.05, 0.1) is 6.42 Å². The van der Waals surface area contributed by atoms with Crippen molar-refractivity contribution >= 4 is 5.78 Å². The van der Waals surface area contributed by atoms with Gasteiger partial charge in [0.2, 0.25) is 5.67 Å². The third-order valence-electron chi connectivity index (χ3n) is 1.95. The maximum atomic E-state index is 13.2. The Hall–Kier alpha value is -0.960. The molecule has 0 saturated carbocycles. The zero-order chi connectivity index (χ0) is 15.0. The Balaban J connectivity index is 5.34. The lowest BCUT2D eigenvalue weighted by Crippen LogP contribution is -2.51. The second-order valence-corrected chi connectivity index (χ2v) is 3.72. The minimum Gasteiger partial charge on any atom is -0.300 e. The molecule has 0 heterocycles. The molecule has 0 unspecified atom stereocenters. The van der Waals surface area contributed by atoms with Crippen molar-refractivity contribution in [3.05, 3.63) is 0 Å². The average molecular weight is 290 g/mol. The van der Waals surface area contributed by atoms with Crippen LogP contribution in [0.1, 0.15) is 19.8 Å². The highest BCUT2D eigenvalue weighted by molar-refractivity contribution is 5.76. The second kappa shape index (κ2) is 4.61. The van der Waals surface area contributed by atoms with E-state index in [0.717, 1.165) is 0 Å². The molecule has 0 N–H and O–H groups in total. The van der Waals surface area contributed by atoms with E-state index in [4.69, 9.17) is 0 Å². The minimum atomic E-state index is -6.33. The standard InChI is InChI=1S/C8H7F9O/c1-4(18)2-5(9,7(12,13)14)3-6(10,11)8(15,16)17/h2-3H2,1H3/t5-/m0/s1. The number of ketones is 1. The lowest BCUT2D eigenvalue weighted by Gasteiger charge is -2.31. The highest BCUT2D eigenvalue weighted by Crippen LogP contribution is 2.48. The number of carbonyl (C=O) groups excluding carboxylic acids is 1. The van der Waals surface area contributed by atoms with Gasteiger partial charge in [-0.25, -0.2) is 4.39 Å². The van der Waals surface area contributed by atoms with Crippen LogP contribution in [0.2, 0.25) is 0 Å². The zero-order valence-corrected chi connectivity index (χ0v) is 8.72. The first-order valence-electron chi connectivity index (χ1n) is 4.32. The summed E-state index contributed by atoms with van der Waals surface area (Å²) in [6.45, 7) is 0.450. The summed E-state index contributed by atoms with van der Waals surface area (Å²) in [7, 11) is 0. The van der Waals surface area contributed by atoms with Crippen molar-refractivity contribution < 1.29 is 44.3 Å². The van der Waals surface area contributed by atoms with Gasteiger partial charge in [-0.1, -0.05) is 0 Å². The van der Waals surface area contributed by atoms with E-state index < -0.39 is 42.6 Å². The van der Waals surface area contributed by atoms with Crippen molar-refractivity contribution in [1.29, 1.82) is 0 Å². The Morgan fingerprint density at radius 1 is 0.833 bits per heavy atom. The molecule has 0 aliphatic rings. The number of hydrogen-bond donors (Lipinski definition) is 0. The molecule has 0 aliphatic carbocycles. The summed E-state index contributed by atoms with van der Waals surface area (Å²) < 4.78 is 110. The molecule has 0 spiro atoms. The van der Waals surface area contributed by atoms with Crippen LogP contribution in [0.25, 0.3) is 0 Å². The minimum absolute atomic E-state index is 0.450. The number of Topliss-reactive ketones (excluding diaryl/α,β-unsaturated/α-hetero) is 1. The third-order valence-corrected chi connectivity index (χ3v) is 1.95. The Morgan fingerprint density at radius 3 is 1.44 bits per heavy atom. The van der Waals surface area contributed by atoms with Gasteiger partial charge in [-0.2, -0.15) is 35.1 Å². The topological polar surface area (TPSA) is 17.1 Å². The molecule has 0 aromatic heterocycles. The number of halogens is 9. The van der Waals surface area contributed by atoms with Crippen molar-refractivity contribution in [2.45, 2.75) is 43.7 Å². The van der Waals surface area contributed by atoms with Crippen LogP contribution in [0.5, 0.6) is 0 Å². The van der Waals surface area contributed by atoms with Gasteiger partial charge >= 0.3 is 18.3 Å². The molecule has 0 aromatic carbocycles. The van der Waals surface area contributed by atoms with Crippen LogP contribution < -0.4 is 0 Å². The first-order valence-corrected chi connectivity index (χ1v) is 4.32. The van der Waals surface area contributed by atoms with Crippen molar-refractivity contribution in [2.24, 2.45) is 0 Å². The zero-order valence-electron chi connectivity index (χ0n) is 8.72. The van der Waals surface area contributed by atoms with Gasteiger partial charge in [0.25, 0.3) is 0 Å². The van der Waals surface area contributed by atoms with E-state index in [1.54, 1.807) is 0 Å². The normalized spacial score (nSPS) is 17.4. The van der Waals surface area contributed by atoms with Crippen molar-refractivity contribution in [3.63, 3.8) is 0 Å². The highest BCUT2D eigenvalue weighted by Gasteiger charge is 2.67. The van der Waals surface area contributed by atoms with Gasteiger partial charge in [-0.3, -0.25) is 4.79 Å². The van der Waals surface area contributed by atoms with E-state index in [1.165, 1.54) is 0 Å². The van der Waals surface area contributed by atoms with Crippen LogP contribution in [0, 0.1) is 0 Å². The van der Waals surface area contributed by atoms with E-state index in [-0.39, 0.29) is 0 Å². The molecule has 1 atom stereocenters. The molecular formula is C8H7F9O. The van der Waals surface area contributed by atoms with Crippen LogP contribution in [0.15, 0.2) is 0 Å². The number of rotatable bonds is 4. The fourth-order valence-electron chi connectivity index (χ4n) is 1.11. The molecule has 0 aliphatic heterocycles. The van der Waals surface area contributed by atoms with Crippen LogP contribution in [0.4, 0.5) is 39.5 Å². The van der Waals surface area contributed by atoms with Crippen LogP contribution in [-0.2, 0) is 4.79 Å². The number of carbonyl (C=O) groups is 1. The predicted molar refractivity (Wildman–Crippen MR) is 40.8 cm³/mol. The lowest BCUT2D eigenvalue weighted by atomic mass is 9.91. The van der Waals surface area contributed by atoms with Crippen molar-refractivity contribution in [3.8, 4) is 0 Å². The summed E-state index contributed by atoms with van der Waals surface area (Å²) in [5.74, 6) is -7.38. The second-order valence-electron chi connectivity index (χ2n) is 3.72. The lowest BCUT2D eigenvalue weighted by molar-refractivity contribution is -0.317. The molecule has 0 rings (SSSR count). The van der Waals surface area contributed by atoms with E-state index >= 15 is 0 Å². The Morgan fingerprint density at radius 2 is 1.22 bits per heavy atom. The van der Waals surface area contributed by atoms with E-state index in [9.17, 15) is 44.3 Å². The van der Waals surface area contributed by atoms with Crippen LogP contribution >= 0.6 is 0 Å². The molecule has 108 valence electrons. The highest BCUT2D eigenvalue weighted by atomic mass is 19.4. The summed E-state index contributed by atoms with van der Waals surface area (Å²) in [6, 6.07) is 0. The summed E-state index contributed by atoms with van der Waals surface area (Å²) >= 11 is 0. The van der Waals surface area contributed by atoms with Gasteiger partial charge < -0.3 is 0 Å². The summed E-state index contributed by atoms with van der Waals surface area (Å²) in [5, 5.41) is 0. The molecule has 0 amide bonds. The quantitative estimate of drug-likeness (QED) is 0.719. The predicted octanol–water partition coefficient (Wildman–Crippen LogP) is 3.82. The largest absolute Gasteiger partial charge is 0.453 e. The molecule has 0 saturated heterocycles. The summed E-state index contributed by atoms with van der Waals surface area (Å²) in [5.41, 5.74) is -4.92. The van der Waals surface area contributed by atoms with Crippen LogP contribution in [-0.4, -0.2) is 29.7 Å². The molecule has 10 heteroatoms. The molecular weight excluding hydrogens is 283 g/mol. The maximum Gasteiger partial charge on any atom is 0.453 e. The Labute approximate surface area is 94.9 Å². The number of alkyl halides is 9. The summed E-state index contributed by atoms with van der Waals surface area (Å²) in [4.78, 5) is 10.4. The smallest absolute Gasteiger partial charge is 0.300 e. The van der Waals surface area contributed by atoms with Gasteiger partial charge in [0.1, 0.15) is 5.78 Å². The first-order chi connectivity index (χ1) is 7.62. The molecule has 0 fully saturated rings.